The van der Waals surface area contributed by atoms with E-state index in [4.69, 9.17) is 11.6 Å². The summed E-state index contributed by atoms with van der Waals surface area (Å²) in [5, 5.41) is 16.6. The van der Waals surface area contributed by atoms with Gasteiger partial charge in [0.05, 0.1) is 11.4 Å². The fourth-order valence-electron chi connectivity index (χ4n) is 4.52. The standard InChI is InChI=1S/C28H28ClFN8O4S/c1-28(24(40)25(41)34-27(28)42)43-26-21(15-20(35-36-26)18-13-16(29)3-4-19(18)30)32-17-5-7-31-22(14-17)33-23(39)6-8-38-11-9-37(2)10-12-38/h3-5,7,13-15H,6,8-12H2,1-2H3,(H,34,41,42)(H2,31,32,33,35,39). The number of hydrogen-bond acceptors (Lipinski definition) is 11. The average Bonchev–Trinajstić information content (AvgIpc) is 3.17. The Kier molecular flexibility index (Phi) is 9.01. The second-order valence-electron chi connectivity index (χ2n) is 10.3. The van der Waals surface area contributed by atoms with E-state index < -0.39 is 28.2 Å². The third kappa shape index (κ3) is 6.99. The number of likely N-dealkylation sites (N-methyl/N-ethyl adjacent to an activating group) is 1. The van der Waals surface area contributed by atoms with Gasteiger partial charge < -0.3 is 20.4 Å². The summed E-state index contributed by atoms with van der Waals surface area (Å²) in [6.45, 7) is 5.68. The molecule has 3 aromatic rings. The Morgan fingerprint density at radius 3 is 2.60 bits per heavy atom. The summed E-state index contributed by atoms with van der Waals surface area (Å²) >= 11 is 6.82. The van der Waals surface area contributed by atoms with Crippen LogP contribution in [0.5, 0.6) is 0 Å². The number of nitrogens with one attached hydrogen (secondary N) is 3. The van der Waals surface area contributed by atoms with Crippen molar-refractivity contribution >= 4 is 64.1 Å². The summed E-state index contributed by atoms with van der Waals surface area (Å²) in [6.07, 6.45) is 1.80. The van der Waals surface area contributed by atoms with Crippen LogP contribution in [-0.4, -0.2) is 93.0 Å². The van der Waals surface area contributed by atoms with Crippen LogP contribution in [0.25, 0.3) is 11.3 Å². The molecule has 43 heavy (non-hydrogen) atoms. The summed E-state index contributed by atoms with van der Waals surface area (Å²) in [5.74, 6) is -3.19. The summed E-state index contributed by atoms with van der Waals surface area (Å²) in [5.41, 5.74) is 0.940. The Hall–Kier alpha value is -3.98. The highest BCUT2D eigenvalue weighted by atomic mass is 35.5. The smallest absolute Gasteiger partial charge is 0.296 e. The fourth-order valence-corrected chi connectivity index (χ4v) is 5.71. The van der Waals surface area contributed by atoms with Gasteiger partial charge in [-0.15, -0.1) is 10.2 Å². The molecule has 1 atom stereocenters. The lowest BCUT2D eigenvalue weighted by atomic mass is 10.1. The number of nitrogens with zero attached hydrogens (tertiary/aromatic N) is 5. The third-order valence-electron chi connectivity index (χ3n) is 7.12. The molecule has 224 valence electrons. The van der Waals surface area contributed by atoms with Crippen LogP contribution in [0.3, 0.4) is 0 Å². The predicted molar refractivity (Wildman–Crippen MR) is 160 cm³/mol. The second-order valence-corrected chi connectivity index (χ2v) is 12.2. The molecular formula is C28H28ClFN8O4S. The van der Waals surface area contributed by atoms with E-state index in [2.05, 4.69) is 42.7 Å². The van der Waals surface area contributed by atoms with Crippen molar-refractivity contribution < 1.29 is 23.6 Å². The lowest BCUT2D eigenvalue weighted by Crippen LogP contribution is -2.45. The summed E-state index contributed by atoms with van der Waals surface area (Å²) in [7, 11) is 2.07. The molecule has 0 saturated carbocycles. The van der Waals surface area contributed by atoms with Crippen LogP contribution in [0.1, 0.15) is 13.3 Å². The van der Waals surface area contributed by atoms with Crippen LogP contribution < -0.4 is 16.0 Å². The predicted octanol–water partition coefficient (Wildman–Crippen LogP) is 2.73. The zero-order valence-electron chi connectivity index (χ0n) is 23.3. The van der Waals surface area contributed by atoms with E-state index >= 15 is 0 Å². The first-order valence-corrected chi connectivity index (χ1v) is 14.6. The third-order valence-corrected chi connectivity index (χ3v) is 8.63. The van der Waals surface area contributed by atoms with Crippen molar-refractivity contribution in [1.29, 1.82) is 0 Å². The number of benzene rings is 1. The largest absolute Gasteiger partial charge is 0.353 e. The van der Waals surface area contributed by atoms with Crippen LogP contribution in [0.2, 0.25) is 5.02 Å². The van der Waals surface area contributed by atoms with E-state index in [0.717, 1.165) is 37.9 Å². The molecule has 2 aliphatic heterocycles. The summed E-state index contributed by atoms with van der Waals surface area (Å²) in [4.78, 5) is 58.3. The Labute approximate surface area is 255 Å². The molecule has 2 fully saturated rings. The summed E-state index contributed by atoms with van der Waals surface area (Å²) in [6, 6.07) is 8.71. The quantitative estimate of drug-likeness (QED) is 0.183. The number of rotatable bonds is 9. The molecule has 0 radical (unpaired) electrons. The van der Waals surface area contributed by atoms with Gasteiger partial charge in [-0.1, -0.05) is 23.4 Å². The highest BCUT2D eigenvalue weighted by molar-refractivity contribution is 8.02. The molecule has 1 unspecified atom stereocenters. The van der Waals surface area contributed by atoms with Crippen LogP contribution >= 0.6 is 23.4 Å². The number of amides is 3. The molecule has 3 amide bonds. The molecule has 3 N–H and O–H groups in total. The van der Waals surface area contributed by atoms with Gasteiger partial charge in [-0.2, -0.15) is 0 Å². The Balaban J connectivity index is 1.38. The molecule has 12 nitrogen and oxygen atoms in total. The molecule has 0 bridgehead atoms. The van der Waals surface area contributed by atoms with Gasteiger partial charge in [-0.3, -0.25) is 24.5 Å². The number of pyridine rings is 1. The molecule has 0 spiro atoms. The zero-order chi connectivity index (χ0) is 30.7. The minimum absolute atomic E-state index is 0.0821. The normalized spacial score (nSPS) is 19.4. The fraction of sp³-hybridized carbons (Fsp3) is 0.321. The van der Waals surface area contributed by atoms with Gasteiger partial charge in [-0.25, -0.2) is 9.37 Å². The maximum atomic E-state index is 14.7. The number of piperazine rings is 1. The first kappa shape index (κ1) is 30.5. The summed E-state index contributed by atoms with van der Waals surface area (Å²) < 4.78 is 12.9. The molecule has 2 saturated heterocycles. The van der Waals surface area contributed by atoms with E-state index in [1.807, 2.05) is 5.32 Å². The number of ketones is 1. The molecular weight excluding hydrogens is 599 g/mol. The van der Waals surface area contributed by atoms with Crippen molar-refractivity contribution in [2.24, 2.45) is 0 Å². The van der Waals surface area contributed by atoms with Crippen molar-refractivity contribution in [3.05, 3.63) is 53.4 Å². The number of anilines is 3. The number of halogens is 2. The van der Waals surface area contributed by atoms with Crippen molar-refractivity contribution in [2.45, 2.75) is 23.1 Å². The topological polar surface area (TPSA) is 150 Å². The van der Waals surface area contributed by atoms with Gasteiger partial charge in [-0.05, 0) is 44.3 Å². The minimum Gasteiger partial charge on any atom is -0.353 e. The Morgan fingerprint density at radius 2 is 1.88 bits per heavy atom. The average molecular weight is 627 g/mol. The van der Waals surface area contributed by atoms with E-state index in [1.54, 1.807) is 12.1 Å². The number of carbonyl (C=O) groups excluding carboxylic acids is 4. The first-order chi connectivity index (χ1) is 20.5. The number of Topliss-reactive ketones (excluding diaryl/α,β-unsaturated/α-hetero) is 1. The van der Waals surface area contributed by atoms with Crippen molar-refractivity contribution in [3.63, 3.8) is 0 Å². The second kappa shape index (κ2) is 12.7. The van der Waals surface area contributed by atoms with Gasteiger partial charge in [0.15, 0.2) is 4.75 Å². The van der Waals surface area contributed by atoms with Gasteiger partial charge in [0.2, 0.25) is 11.7 Å². The molecule has 0 aliphatic carbocycles. The number of carbonyl (C=O) groups is 4. The van der Waals surface area contributed by atoms with E-state index in [1.165, 1.54) is 37.4 Å². The molecule has 2 aliphatic rings. The highest BCUT2D eigenvalue weighted by Gasteiger charge is 2.53. The highest BCUT2D eigenvalue weighted by Crippen LogP contribution is 2.40. The SMILES string of the molecule is CN1CCN(CCC(=O)Nc2cc(Nc3cc(-c4cc(Cl)ccc4F)nnc3SC3(C)C(=O)NC(=O)C3=O)ccn2)CC1. The van der Waals surface area contributed by atoms with E-state index in [0.29, 0.717) is 24.5 Å². The van der Waals surface area contributed by atoms with Crippen LogP contribution in [0, 0.1) is 5.82 Å². The molecule has 15 heteroatoms. The lowest BCUT2D eigenvalue weighted by molar-refractivity contribution is -0.135. The zero-order valence-corrected chi connectivity index (χ0v) is 24.9. The maximum absolute atomic E-state index is 14.7. The van der Waals surface area contributed by atoms with E-state index in [-0.39, 0.29) is 32.9 Å². The van der Waals surface area contributed by atoms with Crippen LogP contribution in [0.4, 0.5) is 21.6 Å². The Bertz CT molecular complexity index is 1600. The van der Waals surface area contributed by atoms with Crippen molar-refractivity contribution in [2.75, 3.05) is 50.4 Å². The first-order valence-electron chi connectivity index (χ1n) is 13.4. The van der Waals surface area contributed by atoms with Gasteiger partial charge in [0.25, 0.3) is 11.8 Å². The molecule has 2 aromatic heterocycles. The van der Waals surface area contributed by atoms with Crippen molar-refractivity contribution in [1.82, 2.24) is 30.3 Å². The van der Waals surface area contributed by atoms with Gasteiger partial charge >= 0.3 is 0 Å². The van der Waals surface area contributed by atoms with Gasteiger partial charge in [0, 0.05) is 67.7 Å². The Morgan fingerprint density at radius 1 is 1.12 bits per heavy atom. The number of imide groups is 1. The molecule has 1 aromatic carbocycles. The van der Waals surface area contributed by atoms with Gasteiger partial charge in [0.1, 0.15) is 16.7 Å². The molecule has 4 heterocycles. The maximum Gasteiger partial charge on any atom is 0.296 e. The monoisotopic (exact) mass is 626 g/mol. The lowest BCUT2D eigenvalue weighted by Gasteiger charge is -2.32. The minimum atomic E-state index is -1.79. The van der Waals surface area contributed by atoms with Crippen molar-refractivity contribution in [3.8, 4) is 11.3 Å². The van der Waals surface area contributed by atoms with Crippen LogP contribution in [-0.2, 0) is 19.2 Å². The number of aromatic nitrogens is 3. The number of hydrogen-bond donors (Lipinski definition) is 3. The van der Waals surface area contributed by atoms with E-state index in [9.17, 15) is 23.6 Å². The number of thioether (sulfide) groups is 1. The van der Waals surface area contributed by atoms with Crippen LogP contribution in [0.15, 0.2) is 47.6 Å². The molecule has 5 rings (SSSR count).